The molecular formula is C18H26N4O. The molecule has 2 fully saturated rings. The second-order valence-corrected chi connectivity index (χ2v) is 7.30. The number of rotatable bonds is 2. The average Bonchev–Trinajstić information content (AvgIpc) is 2.61. The summed E-state index contributed by atoms with van der Waals surface area (Å²) in [5.41, 5.74) is 2.33. The SMILES string of the molecule is O=C(CN1CCc2cncnc2C1)N1CCC[C@@H]2CCCC[C@@H]21. The molecule has 0 bridgehead atoms. The van der Waals surface area contributed by atoms with E-state index >= 15 is 0 Å². The van der Waals surface area contributed by atoms with E-state index in [0.29, 0.717) is 18.5 Å². The third-order valence-electron chi connectivity index (χ3n) is 5.87. The number of piperidine rings is 1. The Hall–Kier alpha value is -1.49. The van der Waals surface area contributed by atoms with Crippen LogP contribution >= 0.6 is 0 Å². The molecule has 2 atom stereocenters. The number of aromatic nitrogens is 2. The van der Waals surface area contributed by atoms with Crippen molar-refractivity contribution in [1.29, 1.82) is 0 Å². The number of likely N-dealkylation sites (tertiary alicyclic amines) is 1. The van der Waals surface area contributed by atoms with E-state index in [1.165, 1.54) is 44.1 Å². The third kappa shape index (κ3) is 3.11. The van der Waals surface area contributed by atoms with Gasteiger partial charge in [0.2, 0.25) is 5.91 Å². The Morgan fingerprint density at radius 2 is 2.04 bits per heavy atom. The minimum Gasteiger partial charge on any atom is -0.338 e. The predicted octanol–water partition coefficient (Wildman–Crippen LogP) is 2.02. The van der Waals surface area contributed by atoms with Gasteiger partial charge in [0.25, 0.3) is 0 Å². The largest absolute Gasteiger partial charge is 0.338 e. The van der Waals surface area contributed by atoms with Crippen molar-refractivity contribution in [2.45, 2.75) is 57.5 Å². The van der Waals surface area contributed by atoms with E-state index in [0.717, 1.165) is 37.7 Å². The van der Waals surface area contributed by atoms with Crippen LogP contribution in [0.25, 0.3) is 0 Å². The zero-order chi connectivity index (χ0) is 15.6. The molecule has 4 rings (SSSR count). The maximum atomic E-state index is 12.9. The molecule has 1 saturated carbocycles. The molecule has 3 aliphatic rings. The smallest absolute Gasteiger partial charge is 0.237 e. The number of nitrogens with zero attached hydrogens (tertiary/aromatic N) is 4. The van der Waals surface area contributed by atoms with Gasteiger partial charge in [0, 0.05) is 31.9 Å². The molecule has 0 unspecified atom stereocenters. The van der Waals surface area contributed by atoms with Crippen LogP contribution in [0.5, 0.6) is 0 Å². The van der Waals surface area contributed by atoms with Crippen molar-refractivity contribution in [3.63, 3.8) is 0 Å². The molecule has 5 heteroatoms. The Balaban J connectivity index is 1.40. The van der Waals surface area contributed by atoms with Crippen molar-refractivity contribution in [3.8, 4) is 0 Å². The second kappa shape index (κ2) is 6.56. The molecule has 1 aromatic heterocycles. The van der Waals surface area contributed by atoms with Crippen LogP contribution in [0.4, 0.5) is 0 Å². The number of fused-ring (bicyclic) bond motifs is 2. The summed E-state index contributed by atoms with van der Waals surface area (Å²) in [5.74, 6) is 1.09. The van der Waals surface area contributed by atoms with Crippen molar-refractivity contribution in [2.24, 2.45) is 5.92 Å². The maximum absolute atomic E-state index is 12.9. The lowest BCUT2D eigenvalue weighted by Gasteiger charge is -2.44. The van der Waals surface area contributed by atoms with Gasteiger partial charge in [-0.2, -0.15) is 0 Å². The van der Waals surface area contributed by atoms with Gasteiger partial charge in [-0.3, -0.25) is 9.69 Å². The van der Waals surface area contributed by atoms with E-state index in [1.54, 1.807) is 6.33 Å². The highest BCUT2D eigenvalue weighted by atomic mass is 16.2. The number of carbonyl (C=O) groups excluding carboxylic acids is 1. The van der Waals surface area contributed by atoms with Crippen molar-refractivity contribution in [1.82, 2.24) is 19.8 Å². The lowest BCUT2D eigenvalue weighted by Crippen LogP contribution is -2.52. The van der Waals surface area contributed by atoms with Gasteiger partial charge in [0.05, 0.1) is 12.2 Å². The molecule has 5 nitrogen and oxygen atoms in total. The maximum Gasteiger partial charge on any atom is 0.237 e. The molecular weight excluding hydrogens is 288 g/mol. The number of hydrogen-bond donors (Lipinski definition) is 0. The van der Waals surface area contributed by atoms with E-state index < -0.39 is 0 Å². The van der Waals surface area contributed by atoms with Gasteiger partial charge in [-0.25, -0.2) is 9.97 Å². The Morgan fingerprint density at radius 3 is 3.00 bits per heavy atom. The highest BCUT2D eigenvalue weighted by molar-refractivity contribution is 5.78. The van der Waals surface area contributed by atoms with E-state index in [4.69, 9.17) is 0 Å². The molecule has 1 aromatic rings. The summed E-state index contributed by atoms with van der Waals surface area (Å²) in [4.78, 5) is 25.8. The highest BCUT2D eigenvalue weighted by Gasteiger charge is 2.36. The normalized spacial score (nSPS) is 28.1. The topological polar surface area (TPSA) is 49.3 Å². The van der Waals surface area contributed by atoms with Crippen LogP contribution in [0.3, 0.4) is 0 Å². The van der Waals surface area contributed by atoms with Gasteiger partial charge < -0.3 is 4.90 Å². The standard InChI is InChI=1S/C18H26N4O/c23-18(22-8-3-5-14-4-1-2-6-17(14)22)12-21-9-7-15-10-19-13-20-16(15)11-21/h10,13-14,17H,1-9,11-12H2/t14-,17-/m0/s1. The molecule has 0 radical (unpaired) electrons. The van der Waals surface area contributed by atoms with Crippen LogP contribution < -0.4 is 0 Å². The number of hydrogen-bond acceptors (Lipinski definition) is 4. The van der Waals surface area contributed by atoms with Gasteiger partial charge in [-0.15, -0.1) is 0 Å². The van der Waals surface area contributed by atoms with Gasteiger partial charge in [0.15, 0.2) is 0 Å². The molecule has 1 saturated heterocycles. The fourth-order valence-electron chi connectivity index (χ4n) is 4.66. The molecule has 23 heavy (non-hydrogen) atoms. The van der Waals surface area contributed by atoms with E-state index in [9.17, 15) is 4.79 Å². The van der Waals surface area contributed by atoms with Crippen molar-refractivity contribution >= 4 is 5.91 Å². The molecule has 124 valence electrons. The summed E-state index contributed by atoms with van der Waals surface area (Å²) in [6.45, 7) is 3.23. The lowest BCUT2D eigenvalue weighted by molar-refractivity contribution is -0.139. The van der Waals surface area contributed by atoms with Gasteiger partial charge >= 0.3 is 0 Å². The summed E-state index contributed by atoms with van der Waals surface area (Å²) >= 11 is 0. The fraction of sp³-hybridized carbons (Fsp3) is 0.722. The second-order valence-electron chi connectivity index (χ2n) is 7.30. The first-order chi connectivity index (χ1) is 11.3. The van der Waals surface area contributed by atoms with Crippen molar-refractivity contribution < 1.29 is 4.79 Å². The monoisotopic (exact) mass is 314 g/mol. The summed E-state index contributed by atoms with van der Waals surface area (Å²) in [6.07, 6.45) is 12.2. The van der Waals surface area contributed by atoms with E-state index in [1.807, 2.05) is 6.20 Å². The van der Waals surface area contributed by atoms with Crippen LogP contribution in [-0.2, 0) is 17.8 Å². The quantitative estimate of drug-likeness (QED) is 0.838. The zero-order valence-corrected chi connectivity index (χ0v) is 13.8. The lowest BCUT2D eigenvalue weighted by atomic mass is 9.78. The van der Waals surface area contributed by atoms with Crippen LogP contribution in [0.2, 0.25) is 0 Å². The summed E-state index contributed by atoms with van der Waals surface area (Å²) in [7, 11) is 0. The minimum absolute atomic E-state index is 0.333. The highest BCUT2D eigenvalue weighted by Crippen LogP contribution is 2.35. The molecule has 1 amide bonds. The summed E-state index contributed by atoms with van der Waals surface area (Å²) in [5, 5.41) is 0. The molecule has 3 heterocycles. The van der Waals surface area contributed by atoms with Crippen LogP contribution in [0.15, 0.2) is 12.5 Å². The molecule has 1 aliphatic carbocycles. The molecule has 0 aromatic carbocycles. The van der Waals surface area contributed by atoms with Crippen LogP contribution in [0.1, 0.15) is 49.8 Å². The van der Waals surface area contributed by atoms with E-state index in [-0.39, 0.29) is 0 Å². The molecule has 0 N–H and O–H groups in total. The Morgan fingerprint density at radius 1 is 1.17 bits per heavy atom. The Kier molecular flexibility index (Phi) is 4.29. The Bertz CT molecular complexity index is 574. The number of amides is 1. The Labute approximate surface area is 138 Å². The van der Waals surface area contributed by atoms with Crippen molar-refractivity contribution in [2.75, 3.05) is 19.6 Å². The van der Waals surface area contributed by atoms with Crippen molar-refractivity contribution in [3.05, 3.63) is 23.8 Å². The average molecular weight is 314 g/mol. The van der Waals surface area contributed by atoms with Crippen LogP contribution in [-0.4, -0.2) is 51.4 Å². The van der Waals surface area contributed by atoms with Gasteiger partial charge in [0.1, 0.15) is 6.33 Å². The predicted molar refractivity (Wildman–Crippen MR) is 87.7 cm³/mol. The summed E-state index contributed by atoms with van der Waals surface area (Å²) in [6, 6.07) is 0.518. The third-order valence-corrected chi connectivity index (χ3v) is 5.87. The molecule has 0 spiro atoms. The van der Waals surface area contributed by atoms with Gasteiger partial charge in [-0.1, -0.05) is 12.8 Å². The van der Waals surface area contributed by atoms with Crippen LogP contribution in [0, 0.1) is 5.92 Å². The summed E-state index contributed by atoms with van der Waals surface area (Å²) < 4.78 is 0. The first kappa shape index (κ1) is 15.1. The first-order valence-electron chi connectivity index (χ1n) is 9.11. The first-order valence-corrected chi connectivity index (χ1v) is 9.11. The van der Waals surface area contributed by atoms with E-state index in [2.05, 4.69) is 19.8 Å². The van der Waals surface area contributed by atoms with Gasteiger partial charge in [-0.05, 0) is 43.6 Å². The fourth-order valence-corrected chi connectivity index (χ4v) is 4.66. The zero-order valence-electron chi connectivity index (χ0n) is 13.8. The number of carbonyl (C=O) groups is 1. The minimum atomic E-state index is 0.333. The molecule has 2 aliphatic heterocycles.